The molecule has 1 aromatic heterocycles. The van der Waals surface area contributed by atoms with E-state index in [2.05, 4.69) is 5.32 Å². The van der Waals surface area contributed by atoms with Gasteiger partial charge in [0.1, 0.15) is 22.1 Å². The van der Waals surface area contributed by atoms with E-state index >= 15 is 0 Å². The SMILES string of the molecule is CCOC(=O)c1c(-c2ccc(OC)cc2)csc1NC(=O)COc1cccc(Cl)c1. The number of esters is 1. The molecule has 0 atom stereocenters. The minimum absolute atomic E-state index is 0.224. The molecule has 8 heteroatoms. The van der Waals surface area contributed by atoms with E-state index in [1.54, 1.807) is 50.4 Å². The van der Waals surface area contributed by atoms with E-state index in [0.29, 0.717) is 32.6 Å². The number of nitrogens with one attached hydrogen (secondary N) is 1. The van der Waals surface area contributed by atoms with Gasteiger partial charge in [-0.15, -0.1) is 11.3 Å². The summed E-state index contributed by atoms with van der Waals surface area (Å²) in [4.78, 5) is 25.0. The van der Waals surface area contributed by atoms with Gasteiger partial charge >= 0.3 is 5.97 Å². The first-order chi connectivity index (χ1) is 14.5. The van der Waals surface area contributed by atoms with Crippen molar-refractivity contribution >= 4 is 39.8 Å². The molecule has 1 amide bonds. The molecule has 1 heterocycles. The lowest BCUT2D eigenvalue weighted by atomic mass is 10.0. The van der Waals surface area contributed by atoms with E-state index < -0.39 is 11.9 Å². The van der Waals surface area contributed by atoms with Crippen molar-refractivity contribution in [2.75, 3.05) is 25.6 Å². The summed E-state index contributed by atoms with van der Waals surface area (Å²) in [6.07, 6.45) is 0. The molecule has 6 nitrogen and oxygen atoms in total. The normalized spacial score (nSPS) is 10.4. The summed E-state index contributed by atoms with van der Waals surface area (Å²) in [5.41, 5.74) is 1.79. The first-order valence-electron chi connectivity index (χ1n) is 9.13. The molecule has 0 radical (unpaired) electrons. The second-order valence-corrected chi connectivity index (χ2v) is 7.41. The largest absolute Gasteiger partial charge is 0.497 e. The summed E-state index contributed by atoms with van der Waals surface area (Å²) in [6, 6.07) is 14.1. The van der Waals surface area contributed by atoms with Crippen LogP contribution in [0.25, 0.3) is 11.1 Å². The Morgan fingerprint density at radius 1 is 1.10 bits per heavy atom. The molecule has 0 unspecified atom stereocenters. The fourth-order valence-corrected chi connectivity index (χ4v) is 3.86. The van der Waals surface area contributed by atoms with Crippen LogP contribution in [-0.4, -0.2) is 32.2 Å². The van der Waals surface area contributed by atoms with E-state index in [0.717, 1.165) is 5.56 Å². The lowest BCUT2D eigenvalue weighted by Gasteiger charge is -2.10. The van der Waals surface area contributed by atoms with Gasteiger partial charge in [-0.2, -0.15) is 0 Å². The minimum atomic E-state index is -0.504. The van der Waals surface area contributed by atoms with Crippen LogP contribution in [0.4, 0.5) is 5.00 Å². The molecule has 1 N–H and O–H groups in total. The van der Waals surface area contributed by atoms with Gasteiger partial charge in [0.15, 0.2) is 6.61 Å². The van der Waals surface area contributed by atoms with Crippen molar-refractivity contribution in [1.82, 2.24) is 0 Å². The van der Waals surface area contributed by atoms with Gasteiger partial charge in [-0.25, -0.2) is 4.79 Å². The molecule has 0 spiro atoms. The van der Waals surface area contributed by atoms with Gasteiger partial charge in [-0.1, -0.05) is 29.8 Å². The molecule has 0 saturated carbocycles. The molecule has 2 aromatic carbocycles. The van der Waals surface area contributed by atoms with Crippen molar-refractivity contribution in [3.05, 3.63) is 64.5 Å². The molecule has 0 aliphatic carbocycles. The monoisotopic (exact) mass is 445 g/mol. The summed E-state index contributed by atoms with van der Waals surface area (Å²) in [7, 11) is 1.59. The van der Waals surface area contributed by atoms with Crippen LogP contribution in [0.5, 0.6) is 11.5 Å². The average molecular weight is 446 g/mol. The van der Waals surface area contributed by atoms with E-state index in [-0.39, 0.29) is 13.2 Å². The molecule has 156 valence electrons. The topological polar surface area (TPSA) is 73.9 Å². The number of ether oxygens (including phenoxy) is 3. The molecule has 0 fully saturated rings. The first-order valence-corrected chi connectivity index (χ1v) is 10.4. The highest BCUT2D eigenvalue weighted by Gasteiger charge is 2.23. The van der Waals surface area contributed by atoms with E-state index in [1.807, 2.05) is 17.5 Å². The molecular weight excluding hydrogens is 426 g/mol. The standard InChI is InChI=1S/C22H20ClNO5S/c1-3-28-22(26)20-18(14-7-9-16(27-2)10-8-14)13-30-21(20)24-19(25)12-29-17-6-4-5-15(23)11-17/h4-11,13H,3,12H2,1-2H3,(H,24,25). The van der Waals surface area contributed by atoms with Gasteiger partial charge in [0.05, 0.1) is 13.7 Å². The van der Waals surface area contributed by atoms with Crippen LogP contribution in [0.15, 0.2) is 53.9 Å². The minimum Gasteiger partial charge on any atom is -0.497 e. The number of thiophene rings is 1. The number of halogens is 1. The third kappa shape index (κ3) is 5.31. The van der Waals surface area contributed by atoms with Crippen molar-refractivity contribution in [3.63, 3.8) is 0 Å². The van der Waals surface area contributed by atoms with E-state index in [1.165, 1.54) is 11.3 Å². The van der Waals surface area contributed by atoms with Gasteiger partial charge in [-0.3, -0.25) is 4.79 Å². The van der Waals surface area contributed by atoms with Crippen molar-refractivity contribution in [1.29, 1.82) is 0 Å². The Bertz CT molecular complexity index is 1030. The van der Waals surface area contributed by atoms with Gasteiger partial charge < -0.3 is 19.5 Å². The number of benzene rings is 2. The Balaban J connectivity index is 1.80. The number of carbonyl (C=O) groups is 2. The number of rotatable bonds is 8. The molecule has 0 bridgehead atoms. The first kappa shape index (κ1) is 21.7. The van der Waals surface area contributed by atoms with Gasteiger partial charge in [-0.05, 0) is 42.8 Å². The van der Waals surface area contributed by atoms with Gasteiger partial charge in [0.2, 0.25) is 0 Å². The fraction of sp³-hybridized carbons (Fsp3) is 0.182. The Kier molecular flexibility index (Phi) is 7.32. The highest BCUT2D eigenvalue weighted by molar-refractivity contribution is 7.15. The lowest BCUT2D eigenvalue weighted by Crippen LogP contribution is -2.21. The van der Waals surface area contributed by atoms with Crippen molar-refractivity contribution in [2.24, 2.45) is 0 Å². The van der Waals surface area contributed by atoms with Crippen LogP contribution in [0, 0.1) is 0 Å². The number of carbonyl (C=O) groups excluding carboxylic acids is 2. The highest BCUT2D eigenvalue weighted by atomic mass is 35.5. The van der Waals surface area contributed by atoms with Crippen LogP contribution in [0.2, 0.25) is 5.02 Å². The summed E-state index contributed by atoms with van der Waals surface area (Å²) in [6.45, 7) is 1.73. The maximum Gasteiger partial charge on any atom is 0.341 e. The summed E-state index contributed by atoms with van der Waals surface area (Å²) in [5.74, 6) is 0.283. The van der Waals surface area contributed by atoms with Crippen molar-refractivity contribution in [3.8, 4) is 22.6 Å². The number of amides is 1. The number of hydrogen-bond donors (Lipinski definition) is 1. The zero-order valence-corrected chi connectivity index (χ0v) is 18.0. The lowest BCUT2D eigenvalue weighted by molar-refractivity contribution is -0.118. The smallest absolute Gasteiger partial charge is 0.341 e. The third-order valence-electron chi connectivity index (χ3n) is 4.09. The van der Waals surface area contributed by atoms with E-state index in [4.69, 9.17) is 25.8 Å². The van der Waals surface area contributed by atoms with Crippen LogP contribution in [0.3, 0.4) is 0 Å². The molecule has 0 saturated heterocycles. The summed E-state index contributed by atoms with van der Waals surface area (Å²) in [5, 5.41) is 5.47. The zero-order valence-electron chi connectivity index (χ0n) is 16.4. The second-order valence-electron chi connectivity index (χ2n) is 6.10. The van der Waals surface area contributed by atoms with Crippen LogP contribution in [-0.2, 0) is 9.53 Å². The Hall–Kier alpha value is -3.03. The van der Waals surface area contributed by atoms with Crippen LogP contribution < -0.4 is 14.8 Å². The predicted octanol–water partition coefficient (Wildman–Crippen LogP) is 5.27. The maximum atomic E-state index is 12.6. The maximum absolute atomic E-state index is 12.6. The molecule has 3 aromatic rings. The average Bonchev–Trinajstić information content (AvgIpc) is 3.16. The summed E-state index contributed by atoms with van der Waals surface area (Å²) >= 11 is 7.16. The van der Waals surface area contributed by atoms with Crippen molar-refractivity contribution in [2.45, 2.75) is 6.92 Å². The molecule has 0 aliphatic rings. The van der Waals surface area contributed by atoms with Crippen LogP contribution >= 0.6 is 22.9 Å². The molecule has 0 aliphatic heterocycles. The van der Waals surface area contributed by atoms with E-state index in [9.17, 15) is 9.59 Å². The Morgan fingerprint density at radius 2 is 1.87 bits per heavy atom. The zero-order chi connectivity index (χ0) is 21.5. The Morgan fingerprint density at radius 3 is 2.53 bits per heavy atom. The third-order valence-corrected chi connectivity index (χ3v) is 5.22. The summed E-state index contributed by atoms with van der Waals surface area (Å²) < 4.78 is 15.8. The molecule has 3 rings (SSSR count). The quantitative estimate of drug-likeness (QED) is 0.478. The molecular formula is C22H20ClNO5S. The van der Waals surface area contributed by atoms with Crippen molar-refractivity contribution < 1.29 is 23.8 Å². The number of anilines is 1. The second kappa shape index (κ2) is 10.1. The Labute approximate surface area is 183 Å². The predicted molar refractivity (Wildman–Crippen MR) is 118 cm³/mol. The van der Waals surface area contributed by atoms with Gasteiger partial charge in [0.25, 0.3) is 5.91 Å². The highest BCUT2D eigenvalue weighted by Crippen LogP contribution is 2.36. The fourth-order valence-electron chi connectivity index (χ4n) is 2.71. The number of methoxy groups -OCH3 is 1. The van der Waals surface area contributed by atoms with Crippen LogP contribution in [0.1, 0.15) is 17.3 Å². The molecule has 30 heavy (non-hydrogen) atoms. The number of hydrogen-bond acceptors (Lipinski definition) is 6. The van der Waals surface area contributed by atoms with Gasteiger partial charge in [0, 0.05) is 16.0 Å².